The van der Waals surface area contributed by atoms with Crippen LogP contribution in [0.1, 0.15) is 15.9 Å². The van der Waals surface area contributed by atoms with Crippen molar-refractivity contribution in [3.8, 4) is 0 Å². The number of thioether (sulfide) groups is 1. The van der Waals surface area contributed by atoms with E-state index in [0.717, 1.165) is 12.1 Å². The Hall–Kier alpha value is -0.710. The molecule has 10 heteroatoms. The Morgan fingerprint density at radius 3 is 2.32 bits per heavy atom. The van der Waals surface area contributed by atoms with Crippen molar-refractivity contribution in [3.05, 3.63) is 27.7 Å². The fourth-order valence-corrected chi connectivity index (χ4v) is 3.75. The second-order valence-electron chi connectivity index (χ2n) is 4.56. The van der Waals surface area contributed by atoms with Crippen LogP contribution in [0.25, 0.3) is 0 Å². The Bertz CT molecular complexity index is 655. The lowest BCUT2D eigenvalue weighted by atomic mass is 10.1. The van der Waals surface area contributed by atoms with E-state index >= 15 is 0 Å². The van der Waals surface area contributed by atoms with E-state index < -0.39 is 50.8 Å². The summed E-state index contributed by atoms with van der Waals surface area (Å²) in [6.45, 7) is -0.490. The van der Waals surface area contributed by atoms with Crippen molar-refractivity contribution in [1.29, 1.82) is 0 Å². The maximum Gasteiger partial charge on any atom is 0.446 e. The summed E-state index contributed by atoms with van der Waals surface area (Å²) in [5.41, 5.74) is -5.82. The van der Waals surface area contributed by atoms with Crippen molar-refractivity contribution in [1.82, 2.24) is 0 Å². The maximum atomic E-state index is 14.4. The first-order chi connectivity index (χ1) is 10.1. The van der Waals surface area contributed by atoms with Crippen molar-refractivity contribution >= 4 is 33.5 Å². The summed E-state index contributed by atoms with van der Waals surface area (Å²) < 4.78 is 76.6. The van der Waals surface area contributed by atoms with Gasteiger partial charge in [0.15, 0.2) is 0 Å². The van der Waals surface area contributed by atoms with Gasteiger partial charge < -0.3 is 9.47 Å². The molecule has 1 spiro atoms. The lowest BCUT2D eigenvalue weighted by Gasteiger charge is -2.29. The molecule has 0 radical (unpaired) electrons. The minimum atomic E-state index is -4.71. The van der Waals surface area contributed by atoms with E-state index in [4.69, 9.17) is 9.47 Å². The summed E-state index contributed by atoms with van der Waals surface area (Å²) in [4.78, 5) is 11.4. The summed E-state index contributed by atoms with van der Waals surface area (Å²) >= 11 is 2.34. The summed E-state index contributed by atoms with van der Waals surface area (Å²) in [5, 5.41) is 0. The van der Waals surface area contributed by atoms with Crippen LogP contribution in [0.15, 0.2) is 21.5 Å². The molecule has 22 heavy (non-hydrogen) atoms. The molecule has 1 aliphatic heterocycles. The molecule has 2 aliphatic rings. The van der Waals surface area contributed by atoms with E-state index in [1.807, 2.05) is 0 Å². The first-order valence-electron chi connectivity index (χ1n) is 5.89. The van der Waals surface area contributed by atoms with Gasteiger partial charge in [0.1, 0.15) is 0 Å². The number of hydrogen-bond acceptors (Lipinski definition) is 4. The molecule has 0 N–H and O–H groups in total. The predicted octanol–water partition coefficient (Wildman–Crippen LogP) is 4.09. The van der Waals surface area contributed by atoms with Gasteiger partial charge in [-0.05, 0) is 23.9 Å². The van der Waals surface area contributed by atoms with Crippen LogP contribution in [-0.4, -0.2) is 30.4 Å². The lowest BCUT2D eigenvalue weighted by Crippen LogP contribution is -2.46. The average Bonchev–Trinajstić information content (AvgIpc) is 2.93. The normalized spacial score (nSPS) is 22.4. The molecule has 1 saturated heterocycles. The number of fused-ring (bicyclic) bond motifs is 2. The van der Waals surface area contributed by atoms with Gasteiger partial charge in [0.2, 0.25) is 5.78 Å². The Balaban J connectivity index is 2.28. The molecule has 0 amide bonds. The molecule has 120 valence electrons. The van der Waals surface area contributed by atoms with E-state index in [2.05, 4.69) is 15.9 Å². The number of carbonyl (C=O) groups is 1. The van der Waals surface area contributed by atoms with Crippen LogP contribution in [0.5, 0.6) is 0 Å². The van der Waals surface area contributed by atoms with Crippen LogP contribution >= 0.6 is 27.7 Å². The van der Waals surface area contributed by atoms with Gasteiger partial charge in [-0.2, -0.15) is 22.0 Å². The molecule has 0 bridgehead atoms. The molecule has 1 aromatic rings. The highest BCUT2D eigenvalue weighted by atomic mass is 79.9. The van der Waals surface area contributed by atoms with Gasteiger partial charge in [0, 0.05) is 20.5 Å². The first kappa shape index (κ1) is 16.2. The van der Waals surface area contributed by atoms with Gasteiger partial charge >= 0.3 is 11.4 Å². The molecule has 0 saturated carbocycles. The molecule has 1 heterocycles. The molecule has 0 atom stereocenters. The molecule has 0 aromatic heterocycles. The van der Waals surface area contributed by atoms with Crippen molar-refractivity contribution in [3.63, 3.8) is 0 Å². The summed E-state index contributed by atoms with van der Waals surface area (Å²) in [6.07, 6.45) is 0. The number of ether oxygens (including phenoxy) is 2. The summed E-state index contributed by atoms with van der Waals surface area (Å²) in [5.74, 6) is -8.52. The summed E-state index contributed by atoms with van der Waals surface area (Å²) in [6, 6.07) is 2.12. The van der Waals surface area contributed by atoms with Gasteiger partial charge in [-0.1, -0.05) is 15.9 Å². The van der Waals surface area contributed by atoms with Crippen molar-refractivity contribution in [2.75, 3.05) is 13.2 Å². The van der Waals surface area contributed by atoms with Crippen LogP contribution in [0.3, 0.4) is 0 Å². The highest BCUT2D eigenvalue weighted by Gasteiger charge is 2.72. The van der Waals surface area contributed by atoms with Gasteiger partial charge in [0.25, 0.3) is 5.79 Å². The molecule has 1 aliphatic carbocycles. The van der Waals surface area contributed by atoms with E-state index in [1.165, 1.54) is 0 Å². The Kier molecular flexibility index (Phi) is 3.59. The Morgan fingerprint density at radius 2 is 1.77 bits per heavy atom. The van der Waals surface area contributed by atoms with Gasteiger partial charge in [0.05, 0.1) is 13.2 Å². The van der Waals surface area contributed by atoms with Crippen LogP contribution in [0, 0.1) is 0 Å². The SMILES string of the molecule is O=C1c2c(Br)ccc(SC(F)(F)F)c2C2(OCCO2)C1(F)F. The smallest absolute Gasteiger partial charge is 0.338 e. The number of ketones is 1. The second-order valence-corrected chi connectivity index (χ2v) is 6.52. The molecule has 0 unspecified atom stereocenters. The van der Waals surface area contributed by atoms with E-state index in [0.29, 0.717) is 0 Å². The Morgan fingerprint density at radius 1 is 1.18 bits per heavy atom. The molecule has 3 rings (SSSR count). The fraction of sp³-hybridized carbons (Fsp3) is 0.417. The lowest BCUT2D eigenvalue weighted by molar-refractivity contribution is -0.271. The maximum absolute atomic E-state index is 14.4. The zero-order valence-electron chi connectivity index (χ0n) is 10.5. The molecule has 1 aromatic carbocycles. The number of hydrogen-bond donors (Lipinski definition) is 0. The minimum absolute atomic E-state index is 0.0327. The number of carbonyl (C=O) groups excluding carboxylic acids is 1. The van der Waals surface area contributed by atoms with Crippen LogP contribution in [0.4, 0.5) is 22.0 Å². The molecule has 1 fully saturated rings. The highest BCUT2D eigenvalue weighted by molar-refractivity contribution is 9.10. The number of rotatable bonds is 1. The van der Waals surface area contributed by atoms with Crippen molar-refractivity contribution in [2.24, 2.45) is 0 Å². The average molecular weight is 405 g/mol. The van der Waals surface area contributed by atoms with Gasteiger partial charge in [-0.25, -0.2) is 0 Å². The van der Waals surface area contributed by atoms with Gasteiger partial charge in [-0.3, -0.25) is 4.79 Å². The van der Waals surface area contributed by atoms with Crippen LogP contribution < -0.4 is 0 Å². The third-order valence-electron chi connectivity index (χ3n) is 3.29. The molecular formula is C12H6BrF5O3S. The highest BCUT2D eigenvalue weighted by Crippen LogP contribution is 2.58. The van der Waals surface area contributed by atoms with Crippen molar-refractivity contribution < 1.29 is 36.2 Å². The fourth-order valence-electron chi connectivity index (χ4n) is 2.52. The van der Waals surface area contributed by atoms with E-state index in [9.17, 15) is 26.7 Å². The van der Waals surface area contributed by atoms with Crippen molar-refractivity contribution in [2.45, 2.75) is 22.1 Å². The number of alkyl halides is 5. The van der Waals surface area contributed by atoms with Crippen LogP contribution in [0.2, 0.25) is 0 Å². The zero-order valence-corrected chi connectivity index (χ0v) is 12.9. The second kappa shape index (κ2) is 4.89. The third kappa shape index (κ3) is 2.11. The van der Waals surface area contributed by atoms with E-state index in [-0.39, 0.29) is 17.7 Å². The van der Waals surface area contributed by atoms with Crippen LogP contribution in [-0.2, 0) is 15.3 Å². The monoisotopic (exact) mass is 404 g/mol. The third-order valence-corrected chi connectivity index (χ3v) is 4.74. The first-order valence-corrected chi connectivity index (χ1v) is 7.50. The zero-order chi connectivity index (χ0) is 16.3. The topological polar surface area (TPSA) is 35.5 Å². The predicted molar refractivity (Wildman–Crippen MR) is 68.9 cm³/mol. The minimum Gasteiger partial charge on any atom is -0.338 e. The van der Waals surface area contributed by atoms with E-state index in [1.54, 1.807) is 0 Å². The standard InChI is InChI=1S/C12H6BrF5O3S/c13-5-1-2-6(22-12(16,17)18)8-7(5)9(19)10(14,15)11(8)20-3-4-21-11/h1-2H,3-4H2. The summed E-state index contributed by atoms with van der Waals surface area (Å²) in [7, 11) is 0. The molecule has 3 nitrogen and oxygen atoms in total. The largest absolute Gasteiger partial charge is 0.446 e. The molecular weight excluding hydrogens is 399 g/mol. The van der Waals surface area contributed by atoms with Gasteiger partial charge in [-0.15, -0.1) is 0 Å². The number of halogens is 6. The number of Topliss-reactive ketones (excluding diaryl/α,β-unsaturated/α-hetero) is 1. The Labute approximate surface area is 133 Å². The number of benzene rings is 1. The quantitative estimate of drug-likeness (QED) is 0.521.